The summed E-state index contributed by atoms with van der Waals surface area (Å²) < 4.78 is 66.1. The maximum absolute atomic E-state index is 13.5. The molecule has 0 saturated carbocycles. The number of rotatable bonds is 8. The van der Waals surface area contributed by atoms with Crippen molar-refractivity contribution < 1.29 is 26.0 Å². The number of halogens is 3. The molecular formula is C21H18Cl2FN3O5S2. The molecule has 0 aliphatic heterocycles. The van der Waals surface area contributed by atoms with Gasteiger partial charge in [-0.1, -0.05) is 35.3 Å². The number of hydrogen-bond donors (Lipinski definition) is 2. The van der Waals surface area contributed by atoms with E-state index >= 15 is 0 Å². The van der Waals surface area contributed by atoms with Gasteiger partial charge in [0.15, 0.2) is 0 Å². The first-order valence-corrected chi connectivity index (χ1v) is 13.6. The van der Waals surface area contributed by atoms with E-state index in [1.165, 1.54) is 54.6 Å². The highest BCUT2D eigenvalue weighted by atomic mass is 35.5. The summed E-state index contributed by atoms with van der Waals surface area (Å²) in [5.41, 5.74) is 0.312. The van der Waals surface area contributed by atoms with Gasteiger partial charge in [-0.25, -0.2) is 21.2 Å². The number of carbonyl (C=O) groups is 1. The monoisotopic (exact) mass is 545 g/mol. The molecule has 3 aromatic rings. The molecule has 0 fully saturated rings. The second kappa shape index (κ2) is 10.2. The minimum Gasteiger partial charge on any atom is -0.325 e. The van der Waals surface area contributed by atoms with Crippen molar-refractivity contribution in [2.45, 2.75) is 4.90 Å². The van der Waals surface area contributed by atoms with Crippen molar-refractivity contribution in [3.05, 3.63) is 82.6 Å². The smallest absolute Gasteiger partial charge is 0.261 e. The van der Waals surface area contributed by atoms with E-state index in [1.54, 1.807) is 0 Å². The fourth-order valence-electron chi connectivity index (χ4n) is 2.87. The standard InChI is InChI=1S/C21H18Cl2FN3O5S2/c1-33(29,30)27(16-5-2-4-14(24)12-16)13-20(28)25-15-8-10-17(11-9-15)34(31,32)26-19-7-3-6-18(22)21(19)23/h2-12,26H,13H2,1H3,(H,25,28). The number of carbonyl (C=O) groups excluding carboxylic acids is 1. The lowest BCUT2D eigenvalue weighted by Gasteiger charge is -2.22. The average molecular weight is 546 g/mol. The van der Waals surface area contributed by atoms with Crippen LogP contribution in [0.25, 0.3) is 0 Å². The number of anilines is 3. The Morgan fingerprint density at radius 2 is 1.62 bits per heavy atom. The summed E-state index contributed by atoms with van der Waals surface area (Å²) in [4.78, 5) is 12.3. The van der Waals surface area contributed by atoms with E-state index in [0.29, 0.717) is 0 Å². The van der Waals surface area contributed by atoms with Gasteiger partial charge in [0, 0.05) is 5.69 Å². The summed E-state index contributed by atoms with van der Waals surface area (Å²) in [6, 6.07) is 14.5. The molecule has 3 aromatic carbocycles. The van der Waals surface area contributed by atoms with Crippen LogP contribution in [0, 0.1) is 5.82 Å². The predicted octanol–water partition coefficient (Wildman–Crippen LogP) is 4.34. The van der Waals surface area contributed by atoms with Crippen LogP contribution in [0.4, 0.5) is 21.5 Å². The molecule has 0 aliphatic carbocycles. The number of benzene rings is 3. The highest BCUT2D eigenvalue weighted by molar-refractivity contribution is 7.92. The molecule has 0 saturated heterocycles. The molecule has 3 rings (SSSR count). The van der Waals surface area contributed by atoms with Gasteiger partial charge in [0.1, 0.15) is 12.4 Å². The number of nitrogens with one attached hydrogen (secondary N) is 2. The zero-order valence-electron chi connectivity index (χ0n) is 17.5. The van der Waals surface area contributed by atoms with Gasteiger partial charge >= 0.3 is 0 Å². The van der Waals surface area contributed by atoms with E-state index in [1.807, 2.05) is 0 Å². The number of amides is 1. The van der Waals surface area contributed by atoms with E-state index in [9.17, 15) is 26.0 Å². The van der Waals surface area contributed by atoms with Crippen LogP contribution in [-0.2, 0) is 24.8 Å². The molecule has 2 N–H and O–H groups in total. The third-order valence-corrected chi connectivity index (χ3v) is 7.77. The highest BCUT2D eigenvalue weighted by Gasteiger charge is 2.22. The van der Waals surface area contributed by atoms with Gasteiger partial charge in [-0.05, 0) is 54.6 Å². The fourth-order valence-corrected chi connectivity index (χ4v) is 5.19. The van der Waals surface area contributed by atoms with Crippen molar-refractivity contribution in [1.29, 1.82) is 0 Å². The van der Waals surface area contributed by atoms with Crippen LogP contribution in [-0.4, -0.2) is 35.5 Å². The number of nitrogens with zero attached hydrogens (tertiary/aromatic N) is 1. The third-order valence-electron chi connectivity index (χ3n) is 4.43. The number of hydrogen-bond acceptors (Lipinski definition) is 5. The molecule has 1 amide bonds. The molecule has 0 aromatic heterocycles. The summed E-state index contributed by atoms with van der Waals surface area (Å²) in [6.07, 6.45) is 0.893. The molecule has 0 aliphatic rings. The lowest BCUT2D eigenvalue weighted by Crippen LogP contribution is -2.37. The Labute approximate surface area is 206 Å². The van der Waals surface area contributed by atoms with Crippen LogP contribution in [0.3, 0.4) is 0 Å². The predicted molar refractivity (Wildman–Crippen MR) is 131 cm³/mol. The maximum Gasteiger partial charge on any atom is 0.261 e. The quantitative estimate of drug-likeness (QED) is 0.437. The Kier molecular flexibility index (Phi) is 7.71. The van der Waals surface area contributed by atoms with Crippen LogP contribution in [0.1, 0.15) is 0 Å². The van der Waals surface area contributed by atoms with Crippen molar-refractivity contribution >= 4 is 66.2 Å². The van der Waals surface area contributed by atoms with E-state index in [-0.39, 0.29) is 32.0 Å². The Hall–Kier alpha value is -2.86. The van der Waals surface area contributed by atoms with E-state index in [0.717, 1.165) is 22.7 Å². The van der Waals surface area contributed by atoms with Gasteiger partial charge in [-0.15, -0.1) is 0 Å². The molecule has 13 heteroatoms. The SMILES string of the molecule is CS(=O)(=O)N(CC(=O)Nc1ccc(S(=O)(=O)Nc2cccc(Cl)c2Cl)cc1)c1cccc(F)c1. The van der Waals surface area contributed by atoms with Crippen LogP contribution in [0.15, 0.2) is 71.6 Å². The summed E-state index contributed by atoms with van der Waals surface area (Å²) in [6.45, 7) is -0.614. The Morgan fingerprint density at radius 1 is 0.971 bits per heavy atom. The average Bonchev–Trinajstić information content (AvgIpc) is 2.75. The molecule has 0 bridgehead atoms. The zero-order valence-corrected chi connectivity index (χ0v) is 20.6. The van der Waals surface area contributed by atoms with Crippen LogP contribution in [0.5, 0.6) is 0 Å². The van der Waals surface area contributed by atoms with Gasteiger partial charge in [-0.3, -0.25) is 13.8 Å². The second-order valence-corrected chi connectivity index (χ2v) is 11.4. The van der Waals surface area contributed by atoms with Gasteiger partial charge in [-0.2, -0.15) is 0 Å². The molecule has 0 unspecified atom stereocenters. The van der Waals surface area contributed by atoms with E-state index in [2.05, 4.69) is 10.0 Å². The summed E-state index contributed by atoms with van der Waals surface area (Å²) >= 11 is 11.9. The normalized spacial score (nSPS) is 11.6. The first kappa shape index (κ1) is 25.8. The molecular weight excluding hydrogens is 528 g/mol. The van der Waals surface area contributed by atoms with E-state index in [4.69, 9.17) is 23.2 Å². The first-order chi connectivity index (χ1) is 15.9. The van der Waals surface area contributed by atoms with Gasteiger partial charge in [0.05, 0.1) is 32.6 Å². The lowest BCUT2D eigenvalue weighted by molar-refractivity contribution is -0.114. The Balaban J connectivity index is 1.73. The summed E-state index contributed by atoms with van der Waals surface area (Å²) in [5.74, 6) is -1.37. The molecule has 0 spiro atoms. The Morgan fingerprint density at radius 3 is 2.24 bits per heavy atom. The molecule has 0 radical (unpaired) electrons. The van der Waals surface area contributed by atoms with Crippen molar-refractivity contribution in [2.24, 2.45) is 0 Å². The van der Waals surface area contributed by atoms with Crippen LogP contribution < -0.4 is 14.3 Å². The van der Waals surface area contributed by atoms with Crippen molar-refractivity contribution in [2.75, 3.05) is 27.1 Å². The van der Waals surface area contributed by atoms with Gasteiger partial charge < -0.3 is 5.32 Å². The van der Waals surface area contributed by atoms with Crippen molar-refractivity contribution in [1.82, 2.24) is 0 Å². The third kappa shape index (κ3) is 6.38. The lowest BCUT2D eigenvalue weighted by atomic mass is 10.3. The molecule has 0 heterocycles. The van der Waals surface area contributed by atoms with Crippen molar-refractivity contribution in [3.63, 3.8) is 0 Å². The zero-order chi connectivity index (χ0) is 25.1. The molecule has 0 atom stereocenters. The van der Waals surface area contributed by atoms with Gasteiger partial charge in [0.25, 0.3) is 10.0 Å². The van der Waals surface area contributed by atoms with Crippen LogP contribution >= 0.6 is 23.2 Å². The minimum atomic E-state index is -4.01. The summed E-state index contributed by atoms with van der Waals surface area (Å²) in [7, 11) is -7.89. The highest BCUT2D eigenvalue weighted by Crippen LogP contribution is 2.31. The maximum atomic E-state index is 13.5. The Bertz CT molecular complexity index is 1430. The minimum absolute atomic E-state index is 0.00941. The summed E-state index contributed by atoms with van der Waals surface area (Å²) in [5, 5.41) is 2.71. The molecule has 8 nitrogen and oxygen atoms in total. The topological polar surface area (TPSA) is 113 Å². The molecule has 34 heavy (non-hydrogen) atoms. The number of sulfonamides is 2. The van der Waals surface area contributed by atoms with Crippen LogP contribution in [0.2, 0.25) is 10.0 Å². The van der Waals surface area contributed by atoms with Crippen molar-refractivity contribution in [3.8, 4) is 0 Å². The fraction of sp³-hybridized carbons (Fsp3) is 0.0952. The first-order valence-electron chi connectivity index (χ1n) is 9.47. The largest absolute Gasteiger partial charge is 0.325 e. The van der Waals surface area contributed by atoms with E-state index < -0.39 is 38.3 Å². The molecule has 180 valence electrons. The second-order valence-electron chi connectivity index (χ2n) is 7.03. The van der Waals surface area contributed by atoms with Gasteiger partial charge in [0.2, 0.25) is 15.9 Å².